The normalized spacial score (nSPS) is 18.9. The Hall–Kier alpha value is 0.770. The molecule has 44 valence electrons. The second kappa shape index (κ2) is 3.73. The molecule has 7 heavy (non-hydrogen) atoms. The average molecular weight is 185 g/mol. The molecule has 0 aromatic heterocycles. The van der Waals surface area contributed by atoms with Gasteiger partial charge in [0, 0.05) is 10.2 Å². The van der Waals surface area contributed by atoms with Crippen molar-refractivity contribution in [1.82, 2.24) is 0 Å². The first kappa shape index (κ1) is 7.77. The molecule has 0 N–H and O–H groups in total. The molecule has 2 atom stereocenters. The average Bonchev–Trinajstić information content (AvgIpc) is 1.27. The first-order valence-corrected chi connectivity index (χ1v) is 3.76. The first-order valence-electron chi connectivity index (χ1n) is 2.41. The Morgan fingerprint density at radius 1 is 1.57 bits per heavy atom. The fraction of sp³-hybridized carbons (Fsp3) is 1.00. The van der Waals surface area contributed by atoms with Crippen LogP contribution >= 0.6 is 27.5 Å². The van der Waals surface area contributed by atoms with Crippen molar-refractivity contribution < 1.29 is 0 Å². The van der Waals surface area contributed by atoms with E-state index in [1.54, 1.807) is 0 Å². The van der Waals surface area contributed by atoms with Crippen molar-refractivity contribution in [1.29, 1.82) is 0 Å². The highest BCUT2D eigenvalue weighted by Crippen LogP contribution is 2.10. The van der Waals surface area contributed by atoms with Gasteiger partial charge in [0.15, 0.2) is 0 Å². The van der Waals surface area contributed by atoms with Gasteiger partial charge in [-0.15, -0.1) is 11.6 Å². The van der Waals surface area contributed by atoms with Crippen molar-refractivity contribution in [2.45, 2.75) is 30.5 Å². The predicted molar refractivity (Wildman–Crippen MR) is 38.3 cm³/mol. The summed E-state index contributed by atoms with van der Waals surface area (Å²) in [5, 5.41) is 0.300. The van der Waals surface area contributed by atoms with E-state index in [1.807, 2.05) is 6.92 Å². The molecule has 0 rings (SSSR count). The molecule has 0 spiro atoms. The van der Waals surface area contributed by atoms with Crippen molar-refractivity contribution in [3.63, 3.8) is 0 Å². The zero-order valence-corrected chi connectivity index (χ0v) is 6.96. The Kier molecular flexibility index (Phi) is 4.14. The molecular weight excluding hydrogens is 175 g/mol. The van der Waals surface area contributed by atoms with Gasteiger partial charge in [-0.3, -0.25) is 0 Å². The van der Waals surface area contributed by atoms with E-state index in [0.717, 1.165) is 6.42 Å². The molecule has 0 nitrogen and oxygen atoms in total. The van der Waals surface area contributed by atoms with Gasteiger partial charge in [0.2, 0.25) is 0 Å². The number of halogens is 2. The maximum absolute atomic E-state index is 5.64. The Morgan fingerprint density at radius 3 is 2.00 bits per heavy atom. The fourth-order valence-electron chi connectivity index (χ4n) is 0.448. The smallest absolute Gasteiger partial charge is 0.0318 e. The van der Waals surface area contributed by atoms with Gasteiger partial charge < -0.3 is 0 Å². The molecule has 0 fully saturated rings. The predicted octanol–water partition coefficient (Wildman–Crippen LogP) is 2.79. The van der Waals surface area contributed by atoms with Gasteiger partial charge in [0.05, 0.1) is 0 Å². The number of alkyl halides is 2. The largest absolute Gasteiger partial charge is 0.123 e. The lowest BCUT2D eigenvalue weighted by molar-refractivity contribution is 0.805. The summed E-state index contributed by atoms with van der Waals surface area (Å²) in [6.07, 6.45) is 1.04. The summed E-state index contributed by atoms with van der Waals surface area (Å²) in [6, 6.07) is 0. The van der Waals surface area contributed by atoms with Crippen LogP contribution < -0.4 is 0 Å². The second-order valence-corrected chi connectivity index (χ2v) is 4.11. The van der Waals surface area contributed by atoms with Crippen molar-refractivity contribution in [3.05, 3.63) is 0 Å². The molecule has 0 radical (unpaired) electrons. The van der Waals surface area contributed by atoms with Gasteiger partial charge in [-0.1, -0.05) is 22.9 Å². The highest BCUT2D eigenvalue weighted by Gasteiger charge is 1.99. The van der Waals surface area contributed by atoms with Crippen LogP contribution in [0, 0.1) is 0 Å². The Morgan fingerprint density at radius 2 is 2.00 bits per heavy atom. The van der Waals surface area contributed by atoms with Gasteiger partial charge in [0.1, 0.15) is 0 Å². The van der Waals surface area contributed by atoms with Crippen LogP contribution in [0.5, 0.6) is 0 Å². The Labute approximate surface area is 58.4 Å². The third-order valence-electron chi connectivity index (χ3n) is 0.650. The third-order valence-corrected chi connectivity index (χ3v) is 1.20. The lowest BCUT2D eigenvalue weighted by atomic mass is 10.3. The lowest BCUT2D eigenvalue weighted by Gasteiger charge is -2.01. The van der Waals surface area contributed by atoms with E-state index in [0.29, 0.717) is 10.2 Å². The molecule has 0 bridgehead atoms. The zero-order chi connectivity index (χ0) is 5.86. The quantitative estimate of drug-likeness (QED) is 0.581. The van der Waals surface area contributed by atoms with Crippen LogP contribution in [-0.2, 0) is 0 Å². The number of hydrogen-bond acceptors (Lipinski definition) is 0. The zero-order valence-electron chi connectivity index (χ0n) is 4.62. The molecule has 0 aliphatic heterocycles. The van der Waals surface area contributed by atoms with Crippen LogP contribution in [-0.4, -0.2) is 10.2 Å². The number of rotatable bonds is 2. The van der Waals surface area contributed by atoms with Gasteiger partial charge in [-0.2, -0.15) is 0 Å². The molecule has 0 amide bonds. The SMILES string of the molecule is CC(Cl)CC(C)Br. The standard InChI is InChI=1S/C5H10BrCl/c1-4(6)3-5(2)7/h4-5H,3H2,1-2H3. The molecule has 0 heterocycles. The summed E-state index contributed by atoms with van der Waals surface area (Å²) in [7, 11) is 0. The Balaban J connectivity index is 2.95. The van der Waals surface area contributed by atoms with Gasteiger partial charge in [0.25, 0.3) is 0 Å². The summed E-state index contributed by atoms with van der Waals surface area (Å²) < 4.78 is 0. The van der Waals surface area contributed by atoms with Crippen LogP contribution in [0.25, 0.3) is 0 Å². The Bertz CT molecular complexity index is 37.3. The summed E-state index contributed by atoms with van der Waals surface area (Å²) in [4.78, 5) is 0.556. The summed E-state index contributed by atoms with van der Waals surface area (Å²) in [5.74, 6) is 0. The van der Waals surface area contributed by atoms with E-state index < -0.39 is 0 Å². The van der Waals surface area contributed by atoms with Crippen molar-refractivity contribution >= 4 is 27.5 Å². The monoisotopic (exact) mass is 184 g/mol. The summed E-state index contributed by atoms with van der Waals surface area (Å²) >= 11 is 9.03. The molecule has 0 saturated heterocycles. The van der Waals surface area contributed by atoms with E-state index in [2.05, 4.69) is 22.9 Å². The van der Waals surface area contributed by atoms with E-state index in [1.165, 1.54) is 0 Å². The maximum Gasteiger partial charge on any atom is 0.0318 e. The minimum absolute atomic E-state index is 0.300. The van der Waals surface area contributed by atoms with Crippen molar-refractivity contribution in [3.8, 4) is 0 Å². The van der Waals surface area contributed by atoms with Crippen LogP contribution in [0.3, 0.4) is 0 Å². The van der Waals surface area contributed by atoms with E-state index in [-0.39, 0.29) is 0 Å². The molecule has 0 aliphatic carbocycles. The lowest BCUT2D eigenvalue weighted by Crippen LogP contribution is -1.98. The molecule has 0 saturated carbocycles. The molecule has 2 heteroatoms. The van der Waals surface area contributed by atoms with E-state index >= 15 is 0 Å². The summed E-state index contributed by atoms with van der Waals surface area (Å²) in [5.41, 5.74) is 0. The summed E-state index contributed by atoms with van der Waals surface area (Å²) in [6.45, 7) is 4.10. The van der Waals surface area contributed by atoms with Crippen LogP contribution in [0.4, 0.5) is 0 Å². The van der Waals surface area contributed by atoms with Crippen molar-refractivity contribution in [2.75, 3.05) is 0 Å². The van der Waals surface area contributed by atoms with Crippen molar-refractivity contribution in [2.24, 2.45) is 0 Å². The third kappa shape index (κ3) is 6.77. The fourth-order valence-corrected chi connectivity index (χ4v) is 1.49. The first-order chi connectivity index (χ1) is 3.13. The highest BCUT2D eigenvalue weighted by molar-refractivity contribution is 9.09. The van der Waals surface area contributed by atoms with Gasteiger partial charge >= 0.3 is 0 Å². The number of hydrogen-bond donors (Lipinski definition) is 0. The molecule has 0 aromatic rings. The maximum atomic E-state index is 5.64. The molecular formula is C5H10BrCl. The van der Waals surface area contributed by atoms with Crippen LogP contribution in [0.2, 0.25) is 0 Å². The van der Waals surface area contributed by atoms with Gasteiger partial charge in [-0.25, -0.2) is 0 Å². The minimum atomic E-state index is 0.300. The molecule has 0 aromatic carbocycles. The minimum Gasteiger partial charge on any atom is -0.123 e. The van der Waals surface area contributed by atoms with Crippen LogP contribution in [0.15, 0.2) is 0 Å². The highest BCUT2D eigenvalue weighted by atomic mass is 79.9. The van der Waals surface area contributed by atoms with E-state index in [4.69, 9.17) is 11.6 Å². The van der Waals surface area contributed by atoms with E-state index in [9.17, 15) is 0 Å². The van der Waals surface area contributed by atoms with Gasteiger partial charge in [-0.05, 0) is 13.3 Å². The molecule has 2 unspecified atom stereocenters. The van der Waals surface area contributed by atoms with Crippen LogP contribution in [0.1, 0.15) is 20.3 Å². The molecule has 0 aliphatic rings. The second-order valence-electron chi connectivity index (χ2n) is 1.80. The topological polar surface area (TPSA) is 0 Å².